The van der Waals surface area contributed by atoms with Gasteiger partial charge in [0.05, 0.1) is 6.10 Å². The average Bonchev–Trinajstić information content (AvgIpc) is 2.77. The molecule has 1 aliphatic rings. The zero-order valence-electron chi connectivity index (χ0n) is 15.7. The number of rotatable bonds is 6. The maximum atomic E-state index is 12.4. The smallest absolute Gasteiger partial charge is 0.246 e. The van der Waals surface area contributed by atoms with Gasteiger partial charge in [0.1, 0.15) is 11.8 Å². The molecule has 1 unspecified atom stereocenters. The van der Waals surface area contributed by atoms with E-state index in [0.717, 1.165) is 24.0 Å². The van der Waals surface area contributed by atoms with Gasteiger partial charge in [-0.3, -0.25) is 4.79 Å². The summed E-state index contributed by atoms with van der Waals surface area (Å²) in [7, 11) is 0. The number of amides is 1. The maximum Gasteiger partial charge on any atom is 0.246 e. The number of aliphatic hydroxyl groups is 1. The number of carbonyl (C=O) groups is 1. The zero-order valence-corrected chi connectivity index (χ0v) is 15.7. The highest BCUT2D eigenvalue weighted by atomic mass is 16.5. The molecule has 2 aromatic rings. The van der Waals surface area contributed by atoms with Gasteiger partial charge in [-0.15, -0.1) is 0 Å². The van der Waals surface area contributed by atoms with E-state index in [4.69, 9.17) is 10.00 Å². The molecular weight excluding hydrogens is 352 g/mol. The molecule has 1 amide bonds. The molecule has 1 fully saturated rings. The van der Waals surface area contributed by atoms with Crippen LogP contribution in [0.5, 0.6) is 5.75 Å². The number of nitriles is 1. The Morgan fingerprint density at radius 3 is 2.50 bits per heavy atom. The van der Waals surface area contributed by atoms with Crippen molar-refractivity contribution in [2.24, 2.45) is 5.92 Å². The first kappa shape index (κ1) is 19.7. The van der Waals surface area contributed by atoms with Crippen molar-refractivity contribution < 1.29 is 14.6 Å². The summed E-state index contributed by atoms with van der Waals surface area (Å²) in [6.45, 7) is 1.32. The van der Waals surface area contributed by atoms with Crippen molar-refractivity contribution in [3.8, 4) is 11.8 Å². The lowest BCUT2D eigenvalue weighted by molar-refractivity contribution is -0.127. The summed E-state index contributed by atoms with van der Waals surface area (Å²) in [5.74, 6) is 0.790. The molecule has 0 aliphatic carbocycles. The standard InChI is InChI=1S/C23H24N2O3/c24-14-17-28-21-9-6-18(7-10-21)8-11-22(26)25-15-12-20(13-16-25)23(27)19-4-2-1-3-5-19/h1-11,20,23,27H,12-13,15-17H2. The number of likely N-dealkylation sites (tertiary alicyclic amines) is 1. The van der Waals surface area contributed by atoms with E-state index in [9.17, 15) is 9.90 Å². The van der Waals surface area contributed by atoms with Gasteiger partial charge in [-0.05, 0) is 48.1 Å². The molecule has 1 N–H and O–H groups in total. The number of hydrogen-bond acceptors (Lipinski definition) is 4. The Kier molecular flexibility index (Phi) is 6.83. The van der Waals surface area contributed by atoms with Crippen molar-refractivity contribution >= 4 is 12.0 Å². The predicted octanol–water partition coefficient (Wildman–Crippen LogP) is 3.57. The van der Waals surface area contributed by atoms with Gasteiger partial charge in [0.2, 0.25) is 5.91 Å². The van der Waals surface area contributed by atoms with E-state index in [-0.39, 0.29) is 18.4 Å². The first-order valence-corrected chi connectivity index (χ1v) is 9.47. The number of aliphatic hydroxyl groups excluding tert-OH is 1. The summed E-state index contributed by atoms with van der Waals surface area (Å²) in [6, 6.07) is 18.9. The Bertz CT molecular complexity index is 832. The fourth-order valence-electron chi connectivity index (χ4n) is 3.42. The molecule has 1 saturated heterocycles. The lowest BCUT2D eigenvalue weighted by Gasteiger charge is -2.33. The highest BCUT2D eigenvalue weighted by molar-refractivity contribution is 5.91. The van der Waals surface area contributed by atoms with Gasteiger partial charge in [0.15, 0.2) is 6.61 Å². The first-order valence-electron chi connectivity index (χ1n) is 9.47. The SMILES string of the molecule is N#CCOc1ccc(C=CC(=O)N2CCC(C(O)c3ccccc3)CC2)cc1. The molecule has 144 valence electrons. The van der Waals surface area contributed by atoms with Crippen molar-refractivity contribution in [1.82, 2.24) is 4.90 Å². The minimum absolute atomic E-state index is 0.0162. The second kappa shape index (κ2) is 9.72. The molecular formula is C23H24N2O3. The molecule has 3 rings (SSSR count). The Hall–Kier alpha value is -3.10. The van der Waals surface area contributed by atoms with Gasteiger partial charge in [-0.25, -0.2) is 0 Å². The molecule has 0 saturated carbocycles. The van der Waals surface area contributed by atoms with Gasteiger partial charge in [-0.1, -0.05) is 42.5 Å². The minimum atomic E-state index is -0.476. The largest absolute Gasteiger partial charge is 0.479 e. The molecule has 28 heavy (non-hydrogen) atoms. The summed E-state index contributed by atoms with van der Waals surface area (Å²) >= 11 is 0. The van der Waals surface area contributed by atoms with Gasteiger partial charge in [-0.2, -0.15) is 5.26 Å². The maximum absolute atomic E-state index is 12.4. The molecule has 5 nitrogen and oxygen atoms in total. The first-order chi connectivity index (χ1) is 13.7. The van der Waals surface area contributed by atoms with Crippen LogP contribution in [0.25, 0.3) is 6.08 Å². The fourth-order valence-corrected chi connectivity index (χ4v) is 3.42. The Morgan fingerprint density at radius 2 is 1.86 bits per heavy atom. The number of ether oxygens (including phenoxy) is 1. The number of carbonyl (C=O) groups excluding carboxylic acids is 1. The predicted molar refractivity (Wildman–Crippen MR) is 107 cm³/mol. The topological polar surface area (TPSA) is 73.6 Å². The van der Waals surface area contributed by atoms with E-state index in [0.29, 0.717) is 18.8 Å². The van der Waals surface area contributed by atoms with E-state index in [1.54, 1.807) is 24.3 Å². The fraction of sp³-hybridized carbons (Fsp3) is 0.304. The molecule has 0 aromatic heterocycles. The number of nitrogens with zero attached hydrogens (tertiary/aromatic N) is 2. The Balaban J connectivity index is 1.49. The second-order valence-corrected chi connectivity index (χ2v) is 6.87. The van der Waals surface area contributed by atoms with Crippen LogP contribution in [0.3, 0.4) is 0 Å². The van der Waals surface area contributed by atoms with E-state index in [1.807, 2.05) is 53.4 Å². The monoisotopic (exact) mass is 376 g/mol. The second-order valence-electron chi connectivity index (χ2n) is 6.87. The van der Waals surface area contributed by atoms with Gasteiger partial charge in [0.25, 0.3) is 0 Å². The summed E-state index contributed by atoms with van der Waals surface area (Å²) < 4.78 is 5.21. The average molecular weight is 376 g/mol. The quantitative estimate of drug-likeness (QED) is 0.782. The van der Waals surface area contributed by atoms with E-state index < -0.39 is 6.10 Å². The van der Waals surface area contributed by atoms with Crippen LogP contribution < -0.4 is 4.74 Å². The van der Waals surface area contributed by atoms with Crippen molar-refractivity contribution in [2.45, 2.75) is 18.9 Å². The highest BCUT2D eigenvalue weighted by Gasteiger charge is 2.27. The van der Waals surface area contributed by atoms with Crippen LogP contribution >= 0.6 is 0 Å². The van der Waals surface area contributed by atoms with E-state index in [1.165, 1.54) is 0 Å². The normalized spacial score (nSPS) is 15.9. The molecule has 1 heterocycles. The van der Waals surface area contributed by atoms with Gasteiger partial charge in [0, 0.05) is 19.2 Å². The van der Waals surface area contributed by atoms with Gasteiger partial charge >= 0.3 is 0 Å². The molecule has 0 spiro atoms. The highest BCUT2D eigenvalue weighted by Crippen LogP contribution is 2.30. The minimum Gasteiger partial charge on any atom is -0.479 e. The number of benzene rings is 2. The van der Waals surface area contributed by atoms with Crippen LogP contribution in [0.15, 0.2) is 60.7 Å². The van der Waals surface area contributed by atoms with Crippen molar-refractivity contribution in [3.05, 3.63) is 71.8 Å². The zero-order chi connectivity index (χ0) is 19.8. The third-order valence-corrected chi connectivity index (χ3v) is 5.04. The summed E-state index contributed by atoms with van der Waals surface area (Å²) in [5, 5.41) is 19.1. The summed E-state index contributed by atoms with van der Waals surface area (Å²) in [6.07, 6.45) is 4.47. The van der Waals surface area contributed by atoms with Crippen molar-refractivity contribution in [1.29, 1.82) is 5.26 Å². The third-order valence-electron chi connectivity index (χ3n) is 5.04. The van der Waals surface area contributed by atoms with E-state index >= 15 is 0 Å². The van der Waals surface area contributed by atoms with Crippen LogP contribution in [0.1, 0.15) is 30.1 Å². The Morgan fingerprint density at radius 1 is 1.18 bits per heavy atom. The van der Waals surface area contributed by atoms with Crippen molar-refractivity contribution in [3.63, 3.8) is 0 Å². The van der Waals surface area contributed by atoms with Crippen LogP contribution in [0, 0.1) is 17.2 Å². The third kappa shape index (κ3) is 5.21. The summed E-state index contributed by atoms with van der Waals surface area (Å²) in [5.41, 5.74) is 1.83. The van der Waals surface area contributed by atoms with E-state index in [2.05, 4.69) is 0 Å². The number of hydrogen-bond donors (Lipinski definition) is 1. The van der Waals surface area contributed by atoms with Crippen LogP contribution in [-0.4, -0.2) is 35.6 Å². The molecule has 5 heteroatoms. The number of piperidine rings is 1. The van der Waals surface area contributed by atoms with Crippen molar-refractivity contribution in [2.75, 3.05) is 19.7 Å². The molecule has 1 atom stereocenters. The lowest BCUT2D eigenvalue weighted by Crippen LogP contribution is -2.38. The molecule has 2 aromatic carbocycles. The van der Waals surface area contributed by atoms with Crippen LogP contribution in [0.2, 0.25) is 0 Å². The van der Waals surface area contributed by atoms with Crippen LogP contribution in [0.4, 0.5) is 0 Å². The Labute approximate surface area is 165 Å². The van der Waals surface area contributed by atoms with Crippen LogP contribution in [-0.2, 0) is 4.79 Å². The van der Waals surface area contributed by atoms with Gasteiger partial charge < -0.3 is 14.7 Å². The molecule has 0 bridgehead atoms. The lowest BCUT2D eigenvalue weighted by atomic mass is 9.87. The summed E-state index contributed by atoms with van der Waals surface area (Å²) in [4.78, 5) is 14.3. The molecule has 1 aliphatic heterocycles. The molecule has 0 radical (unpaired) electrons.